The zero-order chi connectivity index (χ0) is 23.3. The molecule has 0 amide bonds. The third-order valence-corrected chi connectivity index (χ3v) is 4.95. The molecule has 174 valence electrons. The maximum atomic E-state index is 12.4. The molecule has 1 aromatic heterocycles. The Morgan fingerprint density at radius 1 is 1.12 bits per heavy atom. The minimum atomic E-state index is -2.42. The van der Waals surface area contributed by atoms with E-state index in [0.717, 1.165) is 27.6 Å². The SMILES string of the molecule is CO[NH3+].COc1ccc(CNSc2ccccc2-n2cc(NCC(F)F)cn2)c(OC)c1. The number of nitrogens with one attached hydrogen (secondary N) is 2. The van der Waals surface area contributed by atoms with Gasteiger partial charge in [-0.1, -0.05) is 18.2 Å². The van der Waals surface area contributed by atoms with Crippen LogP contribution in [0.3, 0.4) is 0 Å². The van der Waals surface area contributed by atoms with Gasteiger partial charge >= 0.3 is 0 Å². The highest BCUT2D eigenvalue weighted by Crippen LogP contribution is 2.27. The van der Waals surface area contributed by atoms with Gasteiger partial charge in [0.2, 0.25) is 0 Å². The van der Waals surface area contributed by atoms with E-state index >= 15 is 0 Å². The Bertz CT molecular complexity index is 959. The molecule has 0 fully saturated rings. The van der Waals surface area contributed by atoms with Crippen LogP contribution in [0.1, 0.15) is 5.56 Å². The van der Waals surface area contributed by atoms with Gasteiger partial charge in [0, 0.05) is 23.1 Å². The summed E-state index contributed by atoms with van der Waals surface area (Å²) < 4.78 is 40.4. The summed E-state index contributed by atoms with van der Waals surface area (Å²) in [6.45, 7) is 0.166. The number of hydrogen-bond donors (Lipinski definition) is 3. The summed E-state index contributed by atoms with van der Waals surface area (Å²) in [4.78, 5) is 4.95. The van der Waals surface area contributed by atoms with Crippen molar-refractivity contribution in [1.82, 2.24) is 14.5 Å². The Labute approximate surface area is 190 Å². The first-order valence-electron chi connectivity index (χ1n) is 9.57. The van der Waals surface area contributed by atoms with Crippen molar-refractivity contribution in [1.29, 1.82) is 0 Å². The fourth-order valence-electron chi connectivity index (χ4n) is 2.66. The number of benzene rings is 2. The monoisotopic (exact) mass is 468 g/mol. The molecule has 0 aliphatic heterocycles. The van der Waals surface area contributed by atoms with Crippen molar-refractivity contribution in [3.8, 4) is 17.2 Å². The fraction of sp³-hybridized carbons (Fsp3) is 0.286. The molecule has 0 aliphatic carbocycles. The van der Waals surface area contributed by atoms with Crippen molar-refractivity contribution in [2.24, 2.45) is 0 Å². The highest BCUT2D eigenvalue weighted by atomic mass is 32.2. The third kappa shape index (κ3) is 7.68. The van der Waals surface area contributed by atoms with Crippen LogP contribution in [0.4, 0.5) is 14.5 Å². The molecule has 0 atom stereocenters. The van der Waals surface area contributed by atoms with Crippen LogP contribution >= 0.6 is 11.9 Å². The molecule has 2 aromatic carbocycles. The standard InChI is InChI=1S/C20H22F2N4O2S.CH6NO/c1-27-16-8-7-14(18(9-16)28-2)10-25-29-19-6-4-3-5-17(19)26-13-15(11-24-26)23-12-20(21)22;1-3-2/h3-9,11,13,20,23,25H,10,12H2,1-2H3;1-2H3/q;+1. The molecule has 1 heterocycles. The minimum Gasteiger partial charge on any atom is -0.497 e. The lowest BCUT2D eigenvalue weighted by Gasteiger charge is -2.12. The van der Waals surface area contributed by atoms with Crippen molar-refractivity contribution in [3.63, 3.8) is 0 Å². The number of ether oxygens (including phenoxy) is 2. The van der Waals surface area contributed by atoms with Gasteiger partial charge in [0.05, 0.1) is 51.6 Å². The molecule has 32 heavy (non-hydrogen) atoms. The lowest BCUT2D eigenvalue weighted by Crippen LogP contribution is -2.46. The molecular weight excluding hydrogens is 440 g/mol. The normalized spacial score (nSPS) is 10.5. The van der Waals surface area contributed by atoms with Crippen molar-refractivity contribution >= 4 is 17.6 Å². The van der Waals surface area contributed by atoms with Crippen LogP contribution in [0.2, 0.25) is 0 Å². The van der Waals surface area contributed by atoms with E-state index in [1.54, 1.807) is 25.1 Å². The highest BCUT2D eigenvalue weighted by molar-refractivity contribution is 7.97. The Morgan fingerprint density at radius 2 is 1.88 bits per heavy atom. The van der Waals surface area contributed by atoms with Crippen LogP contribution < -0.4 is 25.4 Å². The first kappa shape index (κ1) is 25.4. The van der Waals surface area contributed by atoms with E-state index in [1.807, 2.05) is 42.5 Å². The molecule has 0 spiro atoms. The lowest BCUT2D eigenvalue weighted by molar-refractivity contribution is -0.679. The smallest absolute Gasteiger partial charge is 0.255 e. The molecule has 5 N–H and O–H groups in total. The molecule has 8 nitrogen and oxygen atoms in total. The van der Waals surface area contributed by atoms with Crippen molar-refractivity contribution in [2.75, 3.05) is 33.2 Å². The topological polar surface area (TPSA) is 97.2 Å². The zero-order valence-corrected chi connectivity index (χ0v) is 19.0. The summed E-state index contributed by atoms with van der Waals surface area (Å²) >= 11 is 1.46. The average Bonchev–Trinajstić information content (AvgIpc) is 3.27. The van der Waals surface area contributed by atoms with E-state index in [2.05, 4.69) is 25.9 Å². The number of para-hydroxylation sites is 1. The van der Waals surface area contributed by atoms with Crippen LogP contribution in [0.15, 0.2) is 59.8 Å². The second-order valence-corrected chi connectivity index (χ2v) is 7.24. The van der Waals surface area contributed by atoms with Crippen LogP contribution in [0, 0.1) is 0 Å². The minimum absolute atomic E-state index is 0.409. The maximum absolute atomic E-state index is 12.4. The van der Waals surface area contributed by atoms with Gasteiger partial charge in [-0.2, -0.15) is 5.10 Å². The van der Waals surface area contributed by atoms with Crippen molar-refractivity contribution < 1.29 is 29.0 Å². The number of methoxy groups -OCH3 is 2. The fourth-order valence-corrected chi connectivity index (χ4v) is 3.46. The van der Waals surface area contributed by atoms with Gasteiger partial charge in [-0.05, 0) is 30.1 Å². The molecule has 11 heteroatoms. The Morgan fingerprint density at radius 3 is 2.56 bits per heavy atom. The van der Waals surface area contributed by atoms with Gasteiger partial charge in [-0.25, -0.2) is 24.2 Å². The molecule has 3 aromatic rings. The lowest BCUT2D eigenvalue weighted by atomic mass is 10.2. The summed E-state index contributed by atoms with van der Waals surface area (Å²) in [6, 6.07) is 13.4. The second kappa shape index (κ2) is 13.5. The maximum Gasteiger partial charge on any atom is 0.255 e. The Kier molecular flexibility index (Phi) is 10.7. The van der Waals surface area contributed by atoms with E-state index in [1.165, 1.54) is 25.3 Å². The Hall–Kier alpha value is -2.86. The number of quaternary nitrogens is 1. The molecule has 0 unspecified atom stereocenters. The van der Waals surface area contributed by atoms with Crippen molar-refractivity contribution in [3.05, 3.63) is 60.4 Å². The van der Waals surface area contributed by atoms with Crippen molar-refractivity contribution in [2.45, 2.75) is 17.9 Å². The van der Waals surface area contributed by atoms with E-state index in [4.69, 9.17) is 9.47 Å². The quantitative estimate of drug-likeness (QED) is 0.311. The third-order valence-electron chi connectivity index (χ3n) is 4.09. The predicted octanol–water partition coefficient (Wildman–Crippen LogP) is 3.15. The number of anilines is 1. The summed E-state index contributed by atoms with van der Waals surface area (Å²) in [5.74, 6) is 4.46. The van der Waals surface area contributed by atoms with E-state index < -0.39 is 13.0 Å². The molecular formula is C21H28F2N5O3S+. The predicted molar refractivity (Wildman–Crippen MR) is 120 cm³/mol. The molecule has 0 saturated carbocycles. The summed E-state index contributed by atoms with van der Waals surface area (Å²) in [5.41, 5.74) is 2.38. The van der Waals surface area contributed by atoms with Gasteiger partial charge in [0.15, 0.2) is 0 Å². The first-order valence-corrected chi connectivity index (χ1v) is 10.4. The summed E-state index contributed by atoms with van der Waals surface area (Å²) in [5, 5.41) is 6.93. The number of alkyl halides is 2. The van der Waals surface area contributed by atoms with E-state index in [0.29, 0.717) is 12.2 Å². The largest absolute Gasteiger partial charge is 0.497 e. The molecule has 0 radical (unpaired) electrons. The van der Waals surface area contributed by atoms with Crippen LogP contribution in [0.5, 0.6) is 11.5 Å². The number of hydrogen-bond acceptors (Lipinski definition) is 7. The van der Waals surface area contributed by atoms with Crippen LogP contribution in [-0.2, 0) is 11.4 Å². The number of nitrogens with zero attached hydrogens (tertiary/aromatic N) is 2. The Balaban J connectivity index is 0.00000114. The van der Waals surface area contributed by atoms with E-state index in [-0.39, 0.29) is 0 Å². The van der Waals surface area contributed by atoms with Crippen LogP contribution in [-0.4, -0.2) is 44.1 Å². The van der Waals surface area contributed by atoms with Gasteiger partial charge in [0.1, 0.15) is 11.5 Å². The number of halogens is 2. The number of rotatable bonds is 10. The molecule has 0 bridgehead atoms. The van der Waals surface area contributed by atoms with Gasteiger partial charge in [-0.15, -0.1) is 0 Å². The zero-order valence-electron chi connectivity index (χ0n) is 18.2. The highest BCUT2D eigenvalue weighted by Gasteiger charge is 2.10. The van der Waals surface area contributed by atoms with E-state index in [9.17, 15) is 8.78 Å². The average molecular weight is 469 g/mol. The molecule has 3 rings (SSSR count). The summed E-state index contributed by atoms with van der Waals surface area (Å²) in [7, 11) is 4.75. The van der Waals surface area contributed by atoms with Gasteiger partial charge < -0.3 is 14.8 Å². The summed E-state index contributed by atoms with van der Waals surface area (Å²) in [6.07, 6.45) is 0.800. The van der Waals surface area contributed by atoms with Crippen LogP contribution in [0.25, 0.3) is 5.69 Å². The molecule has 0 aliphatic rings. The first-order chi connectivity index (χ1) is 15.5. The number of aromatic nitrogens is 2. The second-order valence-electron chi connectivity index (χ2n) is 6.30. The van der Waals surface area contributed by atoms with Gasteiger partial charge in [0.25, 0.3) is 6.43 Å². The van der Waals surface area contributed by atoms with Gasteiger partial charge in [-0.3, -0.25) is 4.72 Å². The molecule has 0 saturated heterocycles.